The summed E-state index contributed by atoms with van der Waals surface area (Å²) < 4.78 is 32.9. The average molecular weight is 398 g/mol. The topological polar surface area (TPSA) is 86.5 Å². The van der Waals surface area contributed by atoms with Crippen molar-refractivity contribution in [3.63, 3.8) is 0 Å². The van der Waals surface area contributed by atoms with Crippen LogP contribution in [0.3, 0.4) is 0 Å². The van der Waals surface area contributed by atoms with Crippen molar-refractivity contribution >= 4 is 10.0 Å². The Labute approximate surface area is 165 Å². The summed E-state index contributed by atoms with van der Waals surface area (Å²) in [6, 6.07) is 12.7. The van der Waals surface area contributed by atoms with Gasteiger partial charge in [0.2, 0.25) is 10.0 Å². The van der Waals surface area contributed by atoms with Gasteiger partial charge in [0.1, 0.15) is 4.90 Å². The Morgan fingerprint density at radius 3 is 2.46 bits per heavy atom. The summed E-state index contributed by atoms with van der Waals surface area (Å²) in [7, 11) is -3.55. The van der Waals surface area contributed by atoms with Gasteiger partial charge in [-0.2, -0.15) is 9.57 Å². The van der Waals surface area contributed by atoms with Crippen molar-refractivity contribution in [3.05, 3.63) is 48.2 Å². The monoisotopic (exact) mass is 398 g/mol. The maximum atomic E-state index is 13.0. The van der Waals surface area contributed by atoms with Gasteiger partial charge in [0.25, 0.3) is 0 Å². The number of pyridine rings is 1. The highest BCUT2D eigenvalue weighted by Crippen LogP contribution is 2.25. The Kier molecular flexibility index (Phi) is 5.42. The van der Waals surface area contributed by atoms with E-state index in [0.717, 1.165) is 25.1 Å². The van der Waals surface area contributed by atoms with Gasteiger partial charge in [-0.3, -0.25) is 9.88 Å². The van der Waals surface area contributed by atoms with E-state index in [1.165, 1.54) is 6.20 Å². The first-order valence-electron chi connectivity index (χ1n) is 9.36. The summed E-state index contributed by atoms with van der Waals surface area (Å²) in [5, 5.41) is 8.88. The number of rotatable bonds is 4. The van der Waals surface area contributed by atoms with Crippen LogP contribution >= 0.6 is 0 Å². The Balaban J connectivity index is 1.47. The standard InChI is InChI=1S/C20H22N4O3S/c21-13-16-1-3-17(4-2-16)20-6-5-19(14-22-20)28(25,26)24-8-7-18(15-24)23-9-11-27-12-10-23/h1-6,14,18H,7-12,15H2. The molecule has 146 valence electrons. The number of benzene rings is 1. The molecule has 0 bridgehead atoms. The maximum Gasteiger partial charge on any atom is 0.244 e. The Hall–Kier alpha value is -2.31. The van der Waals surface area contributed by atoms with Gasteiger partial charge in [-0.25, -0.2) is 8.42 Å². The third kappa shape index (κ3) is 3.80. The fourth-order valence-electron chi connectivity index (χ4n) is 3.74. The molecule has 1 atom stereocenters. The summed E-state index contributed by atoms with van der Waals surface area (Å²) in [5.74, 6) is 0. The summed E-state index contributed by atoms with van der Waals surface area (Å²) in [6.07, 6.45) is 2.26. The van der Waals surface area contributed by atoms with Crippen molar-refractivity contribution in [2.24, 2.45) is 0 Å². The van der Waals surface area contributed by atoms with Gasteiger partial charge >= 0.3 is 0 Å². The number of aromatic nitrogens is 1. The maximum absolute atomic E-state index is 13.0. The molecule has 3 heterocycles. The zero-order valence-electron chi connectivity index (χ0n) is 15.5. The number of nitriles is 1. The molecule has 0 radical (unpaired) electrons. The van der Waals surface area contributed by atoms with Gasteiger partial charge in [0, 0.05) is 44.0 Å². The molecule has 2 aliphatic heterocycles. The van der Waals surface area contributed by atoms with Crippen LogP contribution in [0, 0.1) is 11.3 Å². The number of nitrogens with zero attached hydrogens (tertiary/aromatic N) is 4. The molecular weight excluding hydrogens is 376 g/mol. The van der Waals surface area contributed by atoms with Crippen LogP contribution in [0.2, 0.25) is 0 Å². The molecule has 2 saturated heterocycles. The zero-order valence-corrected chi connectivity index (χ0v) is 16.3. The van der Waals surface area contributed by atoms with Crippen molar-refractivity contribution in [1.82, 2.24) is 14.2 Å². The lowest BCUT2D eigenvalue weighted by molar-refractivity contribution is 0.0197. The first-order chi connectivity index (χ1) is 13.6. The van der Waals surface area contributed by atoms with Gasteiger partial charge in [0.15, 0.2) is 0 Å². The van der Waals surface area contributed by atoms with Crippen molar-refractivity contribution in [2.75, 3.05) is 39.4 Å². The fraction of sp³-hybridized carbons (Fsp3) is 0.400. The third-order valence-electron chi connectivity index (χ3n) is 5.37. The lowest BCUT2D eigenvalue weighted by Gasteiger charge is -2.32. The van der Waals surface area contributed by atoms with E-state index in [9.17, 15) is 8.42 Å². The molecule has 28 heavy (non-hydrogen) atoms. The number of morpholine rings is 1. The molecule has 0 saturated carbocycles. The number of hydrogen-bond acceptors (Lipinski definition) is 6. The number of hydrogen-bond donors (Lipinski definition) is 0. The summed E-state index contributed by atoms with van der Waals surface area (Å²) >= 11 is 0. The van der Waals surface area contributed by atoms with Crippen LogP contribution in [0.5, 0.6) is 0 Å². The Bertz CT molecular complexity index is 962. The zero-order chi connectivity index (χ0) is 19.6. The van der Waals surface area contributed by atoms with E-state index < -0.39 is 10.0 Å². The second-order valence-electron chi connectivity index (χ2n) is 7.02. The van der Waals surface area contributed by atoms with Crippen LogP contribution < -0.4 is 0 Å². The minimum absolute atomic E-state index is 0.215. The normalized spacial score (nSPS) is 21.5. The van der Waals surface area contributed by atoms with E-state index >= 15 is 0 Å². The molecule has 0 amide bonds. The number of sulfonamides is 1. The van der Waals surface area contributed by atoms with Crippen LogP contribution in [0.25, 0.3) is 11.3 Å². The lowest BCUT2D eigenvalue weighted by Crippen LogP contribution is -2.45. The quantitative estimate of drug-likeness (QED) is 0.779. The highest BCUT2D eigenvalue weighted by molar-refractivity contribution is 7.89. The molecule has 1 aromatic heterocycles. The number of ether oxygens (including phenoxy) is 1. The minimum Gasteiger partial charge on any atom is -0.379 e. The first kappa shape index (κ1) is 19.0. The predicted molar refractivity (Wildman–Crippen MR) is 104 cm³/mol. The molecule has 2 fully saturated rings. The average Bonchev–Trinajstić information content (AvgIpc) is 3.26. The summed E-state index contributed by atoms with van der Waals surface area (Å²) in [4.78, 5) is 6.88. The smallest absolute Gasteiger partial charge is 0.244 e. The van der Waals surface area contributed by atoms with Crippen LogP contribution in [0.15, 0.2) is 47.5 Å². The minimum atomic E-state index is -3.55. The second kappa shape index (κ2) is 7.97. The van der Waals surface area contributed by atoms with E-state index in [4.69, 9.17) is 10.00 Å². The largest absolute Gasteiger partial charge is 0.379 e. The highest BCUT2D eigenvalue weighted by atomic mass is 32.2. The van der Waals surface area contributed by atoms with Gasteiger partial charge in [-0.15, -0.1) is 0 Å². The van der Waals surface area contributed by atoms with Crippen molar-refractivity contribution in [1.29, 1.82) is 5.26 Å². The molecule has 2 aromatic rings. The summed E-state index contributed by atoms with van der Waals surface area (Å²) in [6.45, 7) is 4.19. The first-order valence-corrected chi connectivity index (χ1v) is 10.8. The van der Waals surface area contributed by atoms with Gasteiger partial charge in [-0.1, -0.05) is 12.1 Å². The van der Waals surface area contributed by atoms with Crippen LogP contribution in [0.1, 0.15) is 12.0 Å². The predicted octanol–water partition coefficient (Wildman–Crippen LogP) is 1.72. The van der Waals surface area contributed by atoms with Crippen molar-refractivity contribution in [3.8, 4) is 17.3 Å². The van der Waals surface area contributed by atoms with Crippen LogP contribution in [-0.2, 0) is 14.8 Å². The third-order valence-corrected chi connectivity index (χ3v) is 7.22. The van der Waals surface area contributed by atoms with E-state index in [-0.39, 0.29) is 10.9 Å². The van der Waals surface area contributed by atoms with E-state index in [1.54, 1.807) is 28.6 Å². The molecule has 1 unspecified atom stereocenters. The fourth-order valence-corrected chi connectivity index (χ4v) is 5.18. The summed E-state index contributed by atoms with van der Waals surface area (Å²) in [5.41, 5.74) is 2.10. The lowest BCUT2D eigenvalue weighted by atomic mass is 10.1. The van der Waals surface area contributed by atoms with Gasteiger partial charge < -0.3 is 4.74 Å². The molecule has 2 aliphatic rings. The van der Waals surface area contributed by atoms with Crippen LogP contribution in [-0.4, -0.2) is 68.0 Å². The molecule has 0 aliphatic carbocycles. The Morgan fingerprint density at radius 2 is 1.82 bits per heavy atom. The van der Waals surface area contributed by atoms with Gasteiger partial charge in [-0.05, 0) is 30.7 Å². The van der Waals surface area contributed by atoms with E-state index in [2.05, 4.69) is 16.0 Å². The molecular formula is C20H22N4O3S. The molecule has 4 rings (SSSR count). The molecule has 1 aromatic carbocycles. The van der Waals surface area contributed by atoms with E-state index in [0.29, 0.717) is 37.6 Å². The van der Waals surface area contributed by atoms with Crippen molar-refractivity contribution in [2.45, 2.75) is 17.4 Å². The molecule has 8 heteroatoms. The second-order valence-corrected chi connectivity index (χ2v) is 8.96. The SMILES string of the molecule is N#Cc1ccc(-c2ccc(S(=O)(=O)N3CCC(N4CCOCC4)C3)cn2)cc1. The Morgan fingerprint density at radius 1 is 1.07 bits per heavy atom. The van der Waals surface area contributed by atoms with E-state index in [1.807, 2.05) is 12.1 Å². The molecule has 7 nitrogen and oxygen atoms in total. The highest BCUT2D eigenvalue weighted by Gasteiger charge is 2.35. The van der Waals surface area contributed by atoms with Gasteiger partial charge in [0.05, 0.1) is 30.5 Å². The molecule has 0 spiro atoms. The van der Waals surface area contributed by atoms with Crippen molar-refractivity contribution < 1.29 is 13.2 Å². The molecule has 0 N–H and O–H groups in total. The van der Waals surface area contributed by atoms with Crippen LogP contribution in [0.4, 0.5) is 0 Å².